The summed E-state index contributed by atoms with van der Waals surface area (Å²) >= 11 is 0. The topological polar surface area (TPSA) is 12.0 Å². The zero-order chi connectivity index (χ0) is 17.6. The molecule has 0 bridgehead atoms. The molecule has 0 heterocycles. The zero-order valence-corrected chi connectivity index (χ0v) is 11.5. The largest absolute Gasteiger partial charge is 0.383 e. The third kappa shape index (κ3) is 2.30. The van der Waals surface area contributed by atoms with Crippen LogP contribution in [0, 0.1) is 53.5 Å². The first kappa shape index (κ1) is 17.0. The highest BCUT2D eigenvalue weighted by Gasteiger charge is 2.32. The van der Waals surface area contributed by atoms with E-state index in [0.717, 1.165) is 7.05 Å². The molecule has 2 aromatic rings. The summed E-state index contributed by atoms with van der Waals surface area (Å²) in [5.74, 6) is -16.6. The molecular weight excluding hydrogens is 334 g/mol. The molecule has 0 fully saturated rings. The van der Waals surface area contributed by atoms with Crippen LogP contribution >= 0.6 is 0 Å². The van der Waals surface area contributed by atoms with Crippen LogP contribution in [-0.2, 0) is 0 Å². The molecule has 0 amide bonds. The molecule has 0 saturated heterocycles. The summed E-state index contributed by atoms with van der Waals surface area (Å²) in [5.41, 5.74) is -6.08. The number of rotatable bonds is 2. The van der Waals surface area contributed by atoms with Crippen LogP contribution in [-0.4, -0.2) is 7.05 Å². The van der Waals surface area contributed by atoms with Gasteiger partial charge < -0.3 is 5.32 Å². The van der Waals surface area contributed by atoms with Gasteiger partial charge in [-0.25, -0.2) is 35.1 Å². The van der Waals surface area contributed by atoms with Gasteiger partial charge in [0.15, 0.2) is 46.5 Å². The average Bonchev–Trinajstić information content (AvgIpc) is 2.53. The summed E-state index contributed by atoms with van der Waals surface area (Å²) in [6.45, 7) is 0.679. The van der Waals surface area contributed by atoms with Crippen LogP contribution in [0.3, 0.4) is 0 Å². The molecule has 0 atom stereocenters. The number of nitrogens with one attached hydrogen (secondary N) is 1. The van der Waals surface area contributed by atoms with E-state index in [9.17, 15) is 35.1 Å². The third-order valence-electron chi connectivity index (χ3n) is 3.25. The lowest BCUT2D eigenvalue weighted by Gasteiger charge is -2.14. The Bertz CT molecular complexity index is 757. The predicted octanol–water partition coefficient (Wildman–Crippen LogP) is 4.82. The molecule has 0 saturated carbocycles. The number of hydrogen-bond donors (Lipinski definition) is 1. The van der Waals surface area contributed by atoms with Crippen molar-refractivity contribution in [2.75, 3.05) is 12.4 Å². The van der Waals surface area contributed by atoms with Crippen molar-refractivity contribution in [1.29, 1.82) is 0 Å². The van der Waals surface area contributed by atoms with Crippen molar-refractivity contribution in [2.24, 2.45) is 0 Å². The van der Waals surface area contributed by atoms with Gasteiger partial charge in [0.1, 0.15) is 5.69 Å². The molecule has 124 valence electrons. The summed E-state index contributed by atoms with van der Waals surface area (Å²) in [6, 6.07) is 0. The molecule has 1 N–H and O–H groups in total. The Labute approximate surface area is 124 Å². The van der Waals surface area contributed by atoms with Gasteiger partial charge in [-0.05, 0) is 6.92 Å². The van der Waals surface area contributed by atoms with Crippen LogP contribution in [0.25, 0.3) is 11.1 Å². The molecule has 0 aromatic heterocycles. The minimum absolute atomic E-state index is 0.679. The fourth-order valence-corrected chi connectivity index (χ4v) is 2.03. The van der Waals surface area contributed by atoms with Gasteiger partial charge in [-0.2, -0.15) is 0 Å². The highest BCUT2D eigenvalue weighted by atomic mass is 19.2. The highest BCUT2D eigenvalue weighted by molar-refractivity contribution is 5.70. The van der Waals surface area contributed by atoms with E-state index in [-0.39, 0.29) is 0 Å². The van der Waals surface area contributed by atoms with E-state index >= 15 is 0 Å². The second-order valence-electron chi connectivity index (χ2n) is 4.51. The van der Waals surface area contributed by atoms with Crippen LogP contribution in [0.15, 0.2) is 0 Å². The first-order valence-electron chi connectivity index (χ1n) is 6.01. The van der Waals surface area contributed by atoms with Crippen molar-refractivity contribution in [1.82, 2.24) is 0 Å². The normalized spacial score (nSPS) is 11.0. The van der Waals surface area contributed by atoms with Crippen LogP contribution < -0.4 is 5.32 Å². The van der Waals surface area contributed by atoms with Crippen LogP contribution in [0.1, 0.15) is 5.56 Å². The Kier molecular flexibility index (Phi) is 4.23. The summed E-state index contributed by atoms with van der Waals surface area (Å²) in [6.07, 6.45) is 0. The summed E-state index contributed by atoms with van der Waals surface area (Å²) in [5, 5.41) is 1.82. The second kappa shape index (κ2) is 5.71. The minimum Gasteiger partial charge on any atom is -0.383 e. The molecule has 0 aliphatic carbocycles. The molecule has 23 heavy (non-hydrogen) atoms. The lowest BCUT2D eigenvalue weighted by atomic mass is 9.99. The van der Waals surface area contributed by atoms with Gasteiger partial charge in [0.2, 0.25) is 0 Å². The van der Waals surface area contributed by atoms with Gasteiger partial charge in [-0.3, -0.25) is 0 Å². The van der Waals surface area contributed by atoms with Crippen LogP contribution in [0.2, 0.25) is 0 Å². The smallest absolute Gasteiger partial charge is 0.185 e. The van der Waals surface area contributed by atoms with Gasteiger partial charge in [-0.15, -0.1) is 0 Å². The number of halogens is 8. The van der Waals surface area contributed by atoms with Crippen LogP contribution in [0.5, 0.6) is 0 Å². The molecular formula is C14H7F8N. The molecule has 1 nitrogen and oxygen atoms in total. The van der Waals surface area contributed by atoms with E-state index in [1.54, 1.807) is 0 Å². The Balaban J connectivity index is 3.01. The van der Waals surface area contributed by atoms with E-state index in [1.165, 1.54) is 0 Å². The average molecular weight is 341 g/mol. The third-order valence-corrected chi connectivity index (χ3v) is 3.25. The Morgan fingerprint density at radius 3 is 1.13 bits per heavy atom. The van der Waals surface area contributed by atoms with Crippen molar-refractivity contribution in [3.05, 3.63) is 52.1 Å². The van der Waals surface area contributed by atoms with Crippen molar-refractivity contribution in [3.63, 3.8) is 0 Å². The lowest BCUT2D eigenvalue weighted by molar-refractivity contribution is 0.438. The van der Waals surface area contributed by atoms with Gasteiger partial charge in [-0.1, -0.05) is 0 Å². The van der Waals surface area contributed by atoms with Crippen molar-refractivity contribution in [2.45, 2.75) is 6.92 Å². The molecule has 0 aliphatic heterocycles. The Hall–Kier alpha value is -2.32. The fourth-order valence-electron chi connectivity index (χ4n) is 2.03. The first-order valence-corrected chi connectivity index (χ1v) is 6.01. The van der Waals surface area contributed by atoms with E-state index in [1.807, 2.05) is 5.32 Å². The zero-order valence-electron chi connectivity index (χ0n) is 11.5. The molecule has 0 unspecified atom stereocenters. The molecule has 0 spiro atoms. The maximum Gasteiger partial charge on any atom is 0.185 e. The molecule has 2 rings (SSSR count). The molecule has 0 aliphatic rings. The molecule has 0 radical (unpaired) electrons. The minimum atomic E-state index is -2.20. The maximum atomic E-state index is 13.9. The van der Waals surface area contributed by atoms with E-state index in [2.05, 4.69) is 0 Å². The Morgan fingerprint density at radius 2 is 0.826 bits per heavy atom. The monoisotopic (exact) mass is 341 g/mol. The summed E-state index contributed by atoms with van der Waals surface area (Å²) in [4.78, 5) is 0. The standard InChI is InChI=1S/C14H7F8N/c1-3-6(15)8(17)4(9(18)7(3)16)5-10(19)12(21)14(23-2)13(22)11(5)20/h23H,1-2H3. The second-order valence-corrected chi connectivity index (χ2v) is 4.51. The van der Waals surface area contributed by atoms with Gasteiger partial charge in [0.25, 0.3) is 0 Å². The predicted molar refractivity (Wildman–Crippen MR) is 65.8 cm³/mol. The van der Waals surface area contributed by atoms with Gasteiger partial charge >= 0.3 is 0 Å². The number of hydrogen-bond acceptors (Lipinski definition) is 1. The Morgan fingerprint density at radius 1 is 0.522 bits per heavy atom. The van der Waals surface area contributed by atoms with Crippen molar-refractivity contribution in [3.8, 4) is 11.1 Å². The van der Waals surface area contributed by atoms with Gasteiger partial charge in [0, 0.05) is 12.6 Å². The van der Waals surface area contributed by atoms with Gasteiger partial charge in [0.05, 0.1) is 11.1 Å². The fraction of sp³-hybridized carbons (Fsp3) is 0.143. The summed E-state index contributed by atoms with van der Waals surface area (Å²) < 4.78 is 110. The first-order chi connectivity index (χ1) is 10.6. The highest BCUT2D eigenvalue weighted by Crippen LogP contribution is 2.39. The van der Waals surface area contributed by atoms with Crippen molar-refractivity contribution < 1.29 is 35.1 Å². The number of benzene rings is 2. The van der Waals surface area contributed by atoms with E-state index < -0.39 is 68.9 Å². The van der Waals surface area contributed by atoms with Crippen LogP contribution in [0.4, 0.5) is 40.8 Å². The molecule has 2 aromatic carbocycles. The van der Waals surface area contributed by atoms with E-state index in [0.29, 0.717) is 6.92 Å². The van der Waals surface area contributed by atoms with E-state index in [4.69, 9.17) is 0 Å². The SMILES string of the molecule is CNc1c(F)c(F)c(-c2c(F)c(F)c(C)c(F)c2F)c(F)c1F. The quantitative estimate of drug-likeness (QED) is 0.610. The molecule has 9 heteroatoms. The lowest BCUT2D eigenvalue weighted by Crippen LogP contribution is -2.10. The van der Waals surface area contributed by atoms with Crippen molar-refractivity contribution >= 4 is 5.69 Å². The maximum absolute atomic E-state index is 13.9. The number of anilines is 1. The summed E-state index contributed by atoms with van der Waals surface area (Å²) in [7, 11) is 0.937.